The van der Waals surface area contributed by atoms with E-state index in [9.17, 15) is 0 Å². The second kappa shape index (κ2) is 5.61. The number of rotatable bonds is 4. The minimum atomic E-state index is -0.0992. The van der Waals surface area contributed by atoms with Crippen LogP contribution in [0.3, 0.4) is 0 Å². The third-order valence-electron chi connectivity index (χ3n) is 3.52. The molecule has 0 aliphatic carbocycles. The first-order valence-electron chi connectivity index (χ1n) is 6.87. The van der Waals surface area contributed by atoms with Gasteiger partial charge in [0.05, 0.1) is 22.4 Å². The summed E-state index contributed by atoms with van der Waals surface area (Å²) in [4.78, 5) is 0. The Morgan fingerprint density at radius 2 is 2.10 bits per heavy atom. The van der Waals surface area contributed by atoms with Gasteiger partial charge in [-0.05, 0) is 34.0 Å². The number of fused-ring (bicyclic) bond motifs is 1. The molecule has 2 N–H and O–H groups in total. The highest BCUT2D eigenvalue weighted by Gasteiger charge is 2.16. The number of nitrogens with zero attached hydrogens (tertiary/aromatic N) is 3. The van der Waals surface area contributed by atoms with Crippen molar-refractivity contribution in [2.45, 2.75) is 26.4 Å². The standard InChI is InChI=1S/C15H17BrN4O/c1-9(2)15(17)11-7-20(19-18-11)8-13-14(16)10-5-3-4-6-12(10)21-13/h3-7,9,15H,8,17H2,1-2H3. The van der Waals surface area contributed by atoms with Crippen molar-refractivity contribution in [2.75, 3.05) is 0 Å². The maximum atomic E-state index is 6.09. The molecule has 2 heterocycles. The molecule has 0 aliphatic heterocycles. The molecule has 0 amide bonds. The molecule has 110 valence electrons. The van der Waals surface area contributed by atoms with Gasteiger partial charge in [-0.1, -0.05) is 31.2 Å². The first kappa shape index (κ1) is 14.3. The number of nitrogens with two attached hydrogens (primary N) is 1. The van der Waals surface area contributed by atoms with Crippen LogP contribution in [0.4, 0.5) is 0 Å². The fraction of sp³-hybridized carbons (Fsp3) is 0.333. The van der Waals surface area contributed by atoms with Gasteiger partial charge in [0.2, 0.25) is 0 Å². The lowest BCUT2D eigenvalue weighted by Gasteiger charge is -2.11. The van der Waals surface area contributed by atoms with E-state index in [0.717, 1.165) is 26.9 Å². The average Bonchev–Trinajstić information content (AvgIpc) is 3.05. The average molecular weight is 349 g/mol. The van der Waals surface area contributed by atoms with E-state index in [4.69, 9.17) is 10.2 Å². The summed E-state index contributed by atoms with van der Waals surface area (Å²) >= 11 is 3.59. The van der Waals surface area contributed by atoms with Crippen molar-refractivity contribution in [1.29, 1.82) is 0 Å². The van der Waals surface area contributed by atoms with E-state index < -0.39 is 0 Å². The lowest BCUT2D eigenvalue weighted by molar-refractivity contribution is 0.500. The van der Waals surface area contributed by atoms with Crippen LogP contribution in [0.15, 0.2) is 39.4 Å². The maximum Gasteiger partial charge on any atom is 0.141 e. The zero-order valence-electron chi connectivity index (χ0n) is 12.0. The minimum Gasteiger partial charge on any atom is -0.458 e. The number of aromatic nitrogens is 3. The van der Waals surface area contributed by atoms with Crippen LogP contribution in [0.1, 0.15) is 31.3 Å². The number of halogens is 1. The van der Waals surface area contributed by atoms with Gasteiger partial charge in [0.1, 0.15) is 17.9 Å². The van der Waals surface area contributed by atoms with Crippen molar-refractivity contribution in [3.63, 3.8) is 0 Å². The predicted molar refractivity (Wildman–Crippen MR) is 84.8 cm³/mol. The number of hydrogen-bond donors (Lipinski definition) is 1. The van der Waals surface area contributed by atoms with Crippen LogP contribution in [-0.4, -0.2) is 15.0 Å². The zero-order valence-corrected chi connectivity index (χ0v) is 13.5. The Kier molecular flexibility index (Phi) is 3.82. The van der Waals surface area contributed by atoms with Crippen molar-refractivity contribution in [3.05, 3.63) is 46.4 Å². The van der Waals surface area contributed by atoms with Gasteiger partial charge in [-0.2, -0.15) is 0 Å². The van der Waals surface area contributed by atoms with Gasteiger partial charge in [-0.15, -0.1) is 5.10 Å². The first-order valence-corrected chi connectivity index (χ1v) is 7.67. The van der Waals surface area contributed by atoms with Gasteiger partial charge in [0, 0.05) is 5.39 Å². The summed E-state index contributed by atoms with van der Waals surface area (Å²) in [6.45, 7) is 4.66. The minimum absolute atomic E-state index is 0.0992. The quantitative estimate of drug-likeness (QED) is 0.783. The summed E-state index contributed by atoms with van der Waals surface area (Å²) in [5.74, 6) is 1.15. The van der Waals surface area contributed by atoms with Crippen LogP contribution in [0.25, 0.3) is 11.0 Å². The van der Waals surface area contributed by atoms with Crippen LogP contribution in [0.2, 0.25) is 0 Å². The second-order valence-corrected chi connectivity index (χ2v) is 6.24. The van der Waals surface area contributed by atoms with Crippen molar-refractivity contribution in [2.24, 2.45) is 11.7 Å². The normalized spacial score (nSPS) is 13.2. The first-order chi connectivity index (χ1) is 10.1. The molecule has 6 heteroatoms. The van der Waals surface area contributed by atoms with Crippen molar-refractivity contribution < 1.29 is 4.42 Å². The molecule has 5 nitrogen and oxygen atoms in total. The molecule has 0 radical (unpaired) electrons. The van der Waals surface area contributed by atoms with E-state index in [1.165, 1.54) is 0 Å². The fourth-order valence-electron chi connectivity index (χ4n) is 2.20. The Bertz CT molecular complexity index is 762. The Balaban J connectivity index is 1.87. The smallest absolute Gasteiger partial charge is 0.141 e. The lowest BCUT2D eigenvalue weighted by Crippen LogP contribution is -2.17. The molecule has 0 fully saturated rings. The topological polar surface area (TPSA) is 69.9 Å². The lowest BCUT2D eigenvalue weighted by atomic mass is 10.0. The molecular weight excluding hydrogens is 332 g/mol. The number of para-hydroxylation sites is 1. The summed E-state index contributed by atoms with van der Waals surface area (Å²) in [5.41, 5.74) is 7.75. The van der Waals surface area contributed by atoms with E-state index in [1.54, 1.807) is 4.68 Å². The molecule has 2 aromatic heterocycles. The van der Waals surface area contributed by atoms with Crippen molar-refractivity contribution >= 4 is 26.9 Å². The third kappa shape index (κ3) is 2.73. The van der Waals surface area contributed by atoms with Gasteiger partial charge in [0.25, 0.3) is 0 Å². The molecule has 1 unspecified atom stereocenters. The summed E-state index contributed by atoms with van der Waals surface area (Å²) in [6.07, 6.45) is 1.88. The van der Waals surface area contributed by atoms with Crippen molar-refractivity contribution in [3.8, 4) is 0 Å². The van der Waals surface area contributed by atoms with Crippen LogP contribution >= 0.6 is 15.9 Å². The number of hydrogen-bond acceptors (Lipinski definition) is 4. The second-order valence-electron chi connectivity index (χ2n) is 5.45. The highest BCUT2D eigenvalue weighted by atomic mass is 79.9. The summed E-state index contributed by atoms with van der Waals surface area (Å²) in [5, 5.41) is 9.34. The van der Waals surface area contributed by atoms with E-state index in [1.807, 2.05) is 30.5 Å². The maximum absolute atomic E-state index is 6.09. The SMILES string of the molecule is CC(C)C(N)c1cn(Cc2oc3ccccc3c2Br)nn1. The van der Waals surface area contributed by atoms with Gasteiger partial charge >= 0.3 is 0 Å². The molecule has 1 aromatic carbocycles. The largest absolute Gasteiger partial charge is 0.458 e. The van der Waals surface area contributed by atoms with Gasteiger partial charge in [0.15, 0.2) is 0 Å². The van der Waals surface area contributed by atoms with Crippen LogP contribution in [-0.2, 0) is 6.54 Å². The van der Waals surface area contributed by atoms with Gasteiger partial charge in [-0.25, -0.2) is 4.68 Å². The zero-order chi connectivity index (χ0) is 15.0. The predicted octanol–water partition coefficient (Wildman–Crippen LogP) is 3.49. The molecule has 0 saturated heterocycles. The molecule has 0 saturated carbocycles. The van der Waals surface area contributed by atoms with E-state index in [2.05, 4.69) is 40.1 Å². The summed E-state index contributed by atoms with van der Waals surface area (Å²) < 4.78 is 8.56. The van der Waals surface area contributed by atoms with E-state index in [0.29, 0.717) is 12.5 Å². The summed E-state index contributed by atoms with van der Waals surface area (Å²) in [6, 6.07) is 7.82. The number of benzene rings is 1. The van der Waals surface area contributed by atoms with Crippen molar-refractivity contribution in [1.82, 2.24) is 15.0 Å². The Morgan fingerprint density at radius 3 is 2.81 bits per heavy atom. The van der Waals surface area contributed by atoms with Gasteiger partial charge < -0.3 is 10.2 Å². The highest BCUT2D eigenvalue weighted by molar-refractivity contribution is 9.10. The Hall–Kier alpha value is -1.66. The molecule has 1 atom stereocenters. The molecule has 3 aromatic rings. The fourth-order valence-corrected chi connectivity index (χ4v) is 2.73. The molecule has 0 spiro atoms. The molecule has 21 heavy (non-hydrogen) atoms. The molecule has 3 rings (SSSR count). The molecular formula is C15H17BrN4O. The van der Waals surface area contributed by atoms with Gasteiger partial charge in [-0.3, -0.25) is 0 Å². The number of furan rings is 1. The highest BCUT2D eigenvalue weighted by Crippen LogP contribution is 2.31. The third-order valence-corrected chi connectivity index (χ3v) is 4.39. The van der Waals surface area contributed by atoms with Crippen LogP contribution < -0.4 is 5.73 Å². The van der Waals surface area contributed by atoms with E-state index in [-0.39, 0.29) is 6.04 Å². The summed E-state index contributed by atoms with van der Waals surface area (Å²) in [7, 11) is 0. The van der Waals surface area contributed by atoms with E-state index >= 15 is 0 Å². The monoisotopic (exact) mass is 348 g/mol. The Morgan fingerprint density at radius 1 is 1.33 bits per heavy atom. The van der Waals surface area contributed by atoms with Crippen LogP contribution in [0.5, 0.6) is 0 Å². The Labute approximate surface area is 131 Å². The molecule has 0 aliphatic rings. The van der Waals surface area contributed by atoms with Crippen LogP contribution in [0, 0.1) is 5.92 Å². The molecule has 0 bridgehead atoms.